The minimum absolute atomic E-state index is 0.0392. The first-order chi connectivity index (χ1) is 11.8. The Balaban J connectivity index is 2.19. The maximum Gasteiger partial charge on any atom is 0.356 e. The van der Waals surface area contributed by atoms with Gasteiger partial charge in [-0.1, -0.05) is 11.6 Å². The van der Waals surface area contributed by atoms with Crippen LogP contribution in [0.25, 0.3) is 10.9 Å². The first kappa shape index (κ1) is 18.5. The van der Waals surface area contributed by atoms with Crippen molar-refractivity contribution in [1.82, 2.24) is 9.29 Å². The van der Waals surface area contributed by atoms with E-state index in [4.69, 9.17) is 16.3 Å². The fourth-order valence-electron chi connectivity index (χ4n) is 2.71. The number of ether oxygens (including phenoxy) is 1. The monoisotopic (exact) mass is 404 g/mol. The first-order valence-electron chi connectivity index (χ1n) is 7.62. The molecule has 136 valence electrons. The summed E-state index contributed by atoms with van der Waals surface area (Å²) in [5, 5.41) is 10.5. The van der Waals surface area contributed by atoms with Gasteiger partial charge < -0.3 is 14.8 Å². The van der Waals surface area contributed by atoms with Crippen LogP contribution in [0.1, 0.15) is 17.4 Å². The highest BCUT2D eigenvalue weighted by atomic mass is 35.5. The quantitative estimate of drug-likeness (QED) is 0.756. The molecular formula is C15H17ClN2O5S2. The van der Waals surface area contributed by atoms with Crippen LogP contribution in [-0.2, 0) is 14.8 Å². The van der Waals surface area contributed by atoms with Gasteiger partial charge in [-0.15, -0.1) is 11.8 Å². The van der Waals surface area contributed by atoms with Gasteiger partial charge in [0.2, 0.25) is 10.0 Å². The normalized spacial score (nSPS) is 19.2. The Labute approximate surface area is 154 Å². The number of H-pyrrole nitrogens is 1. The van der Waals surface area contributed by atoms with Crippen LogP contribution in [0.15, 0.2) is 23.1 Å². The van der Waals surface area contributed by atoms with E-state index in [1.807, 2.05) is 0 Å². The van der Waals surface area contributed by atoms with Gasteiger partial charge in [0.25, 0.3) is 0 Å². The number of hydrogen-bond acceptors (Lipinski definition) is 6. The van der Waals surface area contributed by atoms with Gasteiger partial charge in [0.05, 0.1) is 6.61 Å². The Bertz CT molecular complexity index is 912. The molecule has 1 aliphatic heterocycles. The molecule has 1 fully saturated rings. The summed E-state index contributed by atoms with van der Waals surface area (Å²) in [7, 11) is -4.02. The van der Waals surface area contributed by atoms with E-state index in [-0.39, 0.29) is 30.3 Å². The van der Waals surface area contributed by atoms with Crippen LogP contribution in [0.3, 0.4) is 0 Å². The lowest BCUT2D eigenvalue weighted by Crippen LogP contribution is -2.42. The van der Waals surface area contributed by atoms with E-state index in [0.29, 0.717) is 21.7 Å². The number of carbonyl (C=O) groups is 1. The summed E-state index contributed by atoms with van der Waals surface area (Å²) in [6.45, 7) is 1.97. The number of nitrogens with zero attached hydrogens (tertiary/aromatic N) is 1. The molecule has 2 N–H and O–H groups in total. The minimum Gasteiger partial charge on any atom is -0.461 e. The van der Waals surface area contributed by atoms with Gasteiger partial charge >= 0.3 is 5.97 Å². The number of nitrogens with one attached hydrogen (secondary N) is 1. The highest BCUT2D eigenvalue weighted by Crippen LogP contribution is 2.33. The van der Waals surface area contributed by atoms with Crippen molar-refractivity contribution >= 4 is 50.3 Å². The number of aromatic nitrogens is 1. The predicted molar refractivity (Wildman–Crippen MR) is 96.5 cm³/mol. The van der Waals surface area contributed by atoms with Crippen LogP contribution in [0.5, 0.6) is 0 Å². The van der Waals surface area contributed by atoms with Crippen molar-refractivity contribution in [3.63, 3.8) is 0 Å². The molecule has 1 atom stereocenters. The molecule has 0 bridgehead atoms. The molecule has 1 unspecified atom stereocenters. The number of rotatable bonds is 4. The smallest absolute Gasteiger partial charge is 0.356 e. The summed E-state index contributed by atoms with van der Waals surface area (Å²) in [4.78, 5) is 15.0. The highest BCUT2D eigenvalue weighted by Gasteiger charge is 2.36. The van der Waals surface area contributed by atoms with Gasteiger partial charge in [0.1, 0.15) is 16.0 Å². The van der Waals surface area contributed by atoms with Crippen molar-refractivity contribution in [3.05, 3.63) is 28.9 Å². The molecule has 0 radical (unpaired) electrons. The van der Waals surface area contributed by atoms with Crippen LogP contribution >= 0.6 is 23.4 Å². The number of benzene rings is 1. The number of fused-ring (bicyclic) bond motifs is 1. The van der Waals surface area contributed by atoms with E-state index in [9.17, 15) is 18.3 Å². The van der Waals surface area contributed by atoms with Crippen molar-refractivity contribution in [2.24, 2.45) is 0 Å². The Morgan fingerprint density at radius 3 is 2.96 bits per heavy atom. The molecule has 7 nitrogen and oxygen atoms in total. The van der Waals surface area contributed by atoms with Crippen LogP contribution in [0.4, 0.5) is 0 Å². The Kier molecular flexibility index (Phi) is 5.31. The number of hydrogen-bond donors (Lipinski definition) is 2. The molecule has 2 heterocycles. The van der Waals surface area contributed by atoms with Crippen LogP contribution in [-0.4, -0.2) is 59.7 Å². The van der Waals surface area contributed by atoms with E-state index >= 15 is 0 Å². The summed E-state index contributed by atoms with van der Waals surface area (Å²) in [5.41, 5.74) is -0.465. The van der Waals surface area contributed by atoms with Gasteiger partial charge in [-0.2, -0.15) is 4.31 Å². The van der Waals surface area contributed by atoms with Crippen molar-refractivity contribution < 1.29 is 23.1 Å². The second-order valence-electron chi connectivity index (χ2n) is 5.43. The van der Waals surface area contributed by atoms with E-state index < -0.39 is 21.4 Å². The van der Waals surface area contributed by atoms with Crippen molar-refractivity contribution in [3.8, 4) is 0 Å². The molecule has 10 heteroatoms. The van der Waals surface area contributed by atoms with Crippen molar-refractivity contribution in [2.45, 2.75) is 17.3 Å². The second kappa shape index (κ2) is 7.16. The van der Waals surface area contributed by atoms with Crippen LogP contribution < -0.4 is 0 Å². The molecule has 0 aliphatic carbocycles. The summed E-state index contributed by atoms with van der Waals surface area (Å²) < 4.78 is 32.5. The molecule has 1 aromatic carbocycles. The largest absolute Gasteiger partial charge is 0.461 e. The van der Waals surface area contributed by atoms with E-state index in [2.05, 4.69) is 4.98 Å². The fourth-order valence-corrected chi connectivity index (χ4v) is 5.74. The molecule has 2 aromatic rings. The zero-order valence-electron chi connectivity index (χ0n) is 13.4. The molecule has 1 aromatic heterocycles. The highest BCUT2D eigenvalue weighted by molar-refractivity contribution is 8.00. The molecule has 0 amide bonds. The zero-order chi connectivity index (χ0) is 18.2. The van der Waals surface area contributed by atoms with E-state index in [1.54, 1.807) is 19.1 Å². The van der Waals surface area contributed by atoms with Gasteiger partial charge in [0, 0.05) is 34.8 Å². The number of sulfonamides is 1. The number of β-amino-alcohol motifs (C(OH)–C–C–N with tert-alkyl or cyclic N) is 1. The Hall–Kier alpha value is -1.26. The summed E-state index contributed by atoms with van der Waals surface area (Å²) in [6, 6.07) is 4.71. The average Bonchev–Trinajstić information content (AvgIpc) is 2.94. The molecule has 1 aliphatic rings. The first-order valence-corrected chi connectivity index (χ1v) is 10.5. The lowest BCUT2D eigenvalue weighted by atomic mass is 10.2. The fraction of sp³-hybridized carbons (Fsp3) is 0.400. The lowest BCUT2D eigenvalue weighted by Gasteiger charge is -2.28. The molecule has 0 spiro atoms. The maximum absolute atomic E-state index is 13.2. The number of halogens is 1. The SMILES string of the molecule is CCOC(=O)c1[nH]c2ccc(Cl)cc2c1S(=O)(=O)N1CCSC(O)C1. The number of aromatic amines is 1. The number of carbonyl (C=O) groups excluding carboxylic acids is 1. The van der Waals surface area contributed by atoms with E-state index in [1.165, 1.54) is 22.1 Å². The van der Waals surface area contributed by atoms with E-state index in [0.717, 1.165) is 0 Å². The molecule has 3 rings (SSSR count). The Morgan fingerprint density at radius 2 is 2.28 bits per heavy atom. The Morgan fingerprint density at radius 1 is 1.52 bits per heavy atom. The van der Waals surface area contributed by atoms with Gasteiger partial charge in [0.15, 0.2) is 0 Å². The van der Waals surface area contributed by atoms with Crippen LogP contribution in [0.2, 0.25) is 5.02 Å². The van der Waals surface area contributed by atoms with Gasteiger partial charge in [-0.3, -0.25) is 0 Å². The predicted octanol–water partition coefficient (Wildman–Crippen LogP) is 2.05. The number of thioether (sulfide) groups is 1. The topological polar surface area (TPSA) is 99.7 Å². The average molecular weight is 405 g/mol. The molecular weight excluding hydrogens is 388 g/mol. The van der Waals surface area contributed by atoms with Crippen molar-refractivity contribution in [1.29, 1.82) is 0 Å². The maximum atomic E-state index is 13.2. The van der Waals surface area contributed by atoms with Crippen molar-refractivity contribution in [2.75, 3.05) is 25.4 Å². The number of esters is 1. The third-order valence-electron chi connectivity index (χ3n) is 3.80. The lowest BCUT2D eigenvalue weighted by molar-refractivity contribution is 0.0516. The third-order valence-corrected chi connectivity index (χ3v) is 6.94. The van der Waals surface area contributed by atoms with Crippen LogP contribution in [0, 0.1) is 0 Å². The minimum atomic E-state index is -4.02. The zero-order valence-corrected chi connectivity index (χ0v) is 15.7. The number of aliphatic hydroxyl groups is 1. The molecule has 0 saturated carbocycles. The molecule has 1 saturated heterocycles. The van der Waals surface area contributed by atoms with Gasteiger partial charge in [-0.05, 0) is 25.1 Å². The summed E-state index contributed by atoms with van der Waals surface area (Å²) >= 11 is 7.31. The number of aliphatic hydroxyl groups excluding tert-OH is 1. The summed E-state index contributed by atoms with van der Waals surface area (Å²) in [6.07, 6.45) is 0. The second-order valence-corrected chi connectivity index (χ2v) is 9.02. The molecule has 25 heavy (non-hydrogen) atoms. The third kappa shape index (κ3) is 3.52. The standard InChI is InChI=1S/C15H17ClN2O5S2/c1-2-23-15(20)13-14(10-7-9(16)3-4-11(10)17-13)25(21,22)18-5-6-24-12(19)8-18/h3-4,7,12,17,19H,2,5-6,8H2,1H3. The summed E-state index contributed by atoms with van der Waals surface area (Å²) in [5.74, 6) is -0.279. The van der Waals surface area contributed by atoms with Gasteiger partial charge in [-0.25, -0.2) is 13.2 Å².